The summed E-state index contributed by atoms with van der Waals surface area (Å²) in [5.74, 6) is 1.55. The molecule has 0 bridgehead atoms. The molecule has 0 aromatic carbocycles. The van der Waals surface area contributed by atoms with E-state index in [1.165, 1.54) is 18.6 Å². The Hall–Kier alpha value is -0.180. The molecule has 2 nitrogen and oxygen atoms in total. The van der Waals surface area contributed by atoms with Crippen molar-refractivity contribution in [3.63, 3.8) is 0 Å². The molecule has 0 aromatic heterocycles. The van der Waals surface area contributed by atoms with Crippen LogP contribution in [0.2, 0.25) is 0 Å². The zero-order chi connectivity index (χ0) is 9.31. The van der Waals surface area contributed by atoms with Gasteiger partial charge in [-0.1, -0.05) is 6.92 Å². The molecule has 2 fully saturated rings. The third-order valence-electron chi connectivity index (χ3n) is 3.06. The van der Waals surface area contributed by atoms with Crippen molar-refractivity contribution in [1.29, 1.82) is 0 Å². The van der Waals surface area contributed by atoms with Crippen LogP contribution < -0.4 is 5.32 Å². The van der Waals surface area contributed by atoms with Gasteiger partial charge in [0, 0.05) is 17.2 Å². The van der Waals surface area contributed by atoms with Crippen molar-refractivity contribution in [2.75, 3.05) is 12.3 Å². The van der Waals surface area contributed by atoms with E-state index < -0.39 is 0 Å². The minimum atomic E-state index is 0.00324. The molecule has 13 heavy (non-hydrogen) atoms. The second-order valence-corrected chi connectivity index (χ2v) is 5.81. The second-order valence-electron chi connectivity index (χ2n) is 4.41. The quantitative estimate of drug-likeness (QED) is 0.751. The molecule has 3 heteroatoms. The minimum Gasteiger partial charge on any atom is -0.355 e. The number of hydrogen-bond acceptors (Lipinski definition) is 2. The number of carbonyl (C=O) groups excluding carboxylic acids is 1. The third-order valence-corrected chi connectivity index (χ3v) is 4.46. The Balaban J connectivity index is 1.69. The number of carbonyl (C=O) groups is 1. The highest BCUT2D eigenvalue weighted by Gasteiger charge is 2.44. The molecule has 2 rings (SSSR count). The van der Waals surface area contributed by atoms with Gasteiger partial charge in [0.2, 0.25) is 5.91 Å². The van der Waals surface area contributed by atoms with Crippen LogP contribution in [-0.2, 0) is 4.79 Å². The van der Waals surface area contributed by atoms with Gasteiger partial charge in [0.25, 0.3) is 0 Å². The van der Waals surface area contributed by atoms with E-state index in [0.717, 1.165) is 19.4 Å². The van der Waals surface area contributed by atoms with Crippen molar-refractivity contribution in [2.24, 2.45) is 5.41 Å². The highest BCUT2D eigenvalue weighted by molar-refractivity contribution is 8.00. The first-order chi connectivity index (χ1) is 6.21. The summed E-state index contributed by atoms with van der Waals surface area (Å²) in [6.45, 7) is 2.95. The summed E-state index contributed by atoms with van der Waals surface area (Å²) in [7, 11) is 0. The Bertz CT molecular complexity index is 207. The molecule has 0 radical (unpaired) electrons. The first-order valence-electron chi connectivity index (χ1n) is 5.11. The fraction of sp³-hybridized carbons (Fsp3) is 0.900. The van der Waals surface area contributed by atoms with Crippen molar-refractivity contribution in [1.82, 2.24) is 5.32 Å². The maximum absolute atomic E-state index is 11.6. The van der Waals surface area contributed by atoms with Crippen LogP contribution in [0, 0.1) is 5.41 Å². The highest BCUT2D eigenvalue weighted by Crippen LogP contribution is 2.45. The smallest absolute Gasteiger partial charge is 0.225 e. The predicted molar refractivity (Wildman–Crippen MR) is 55.8 cm³/mol. The second kappa shape index (κ2) is 3.52. The van der Waals surface area contributed by atoms with Crippen molar-refractivity contribution in [3.8, 4) is 0 Å². The summed E-state index contributed by atoms with van der Waals surface area (Å²) in [5.41, 5.74) is 0.00324. The normalized spacial score (nSPS) is 30.1. The third kappa shape index (κ3) is 2.19. The number of rotatable bonds is 3. The summed E-state index contributed by atoms with van der Waals surface area (Å²) in [5, 5.41) is 3.75. The van der Waals surface area contributed by atoms with E-state index in [2.05, 4.69) is 12.2 Å². The molecule has 0 spiro atoms. The van der Waals surface area contributed by atoms with Crippen LogP contribution in [0.15, 0.2) is 0 Å². The van der Waals surface area contributed by atoms with Gasteiger partial charge < -0.3 is 5.32 Å². The van der Waals surface area contributed by atoms with Crippen LogP contribution in [0.5, 0.6) is 0 Å². The highest BCUT2D eigenvalue weighted by atomic mass is 32.2. The lowest BCUT2D eigenvalue weighted by molar-refractivity contribution is -0.125. The molecule has 1 heterocycles. The van der Waals surface area contributed by atoms with E-state index in [9.17, 15) is 4.79 Å². The number of amides is 1. The standard InChI is InChI=1S/C10H17NOS/c1-10(4-5-10)9(12)11-7-8-3-2-6-13-8/h8H,2-7H2,1H3,(H,11,12). The topological polar surface area (TPSA) is 29.1 Å². The largest absolute Gasteiger partial charge is 0.355 e. The van der Waals surface area contributed by atoms with Crippen LogP contribution in [0.1, 0.15) is 32.6 Å². The first-order valence-corrected chi connectivity index (χ1v) is 6.15. The van der Waals surface area contributed by atoms with Crippen molar-refractivity contribution >= 4 is 17.7 Å². The average Bonchev–Trinajstić information content (AvgIpc) is 2.70. The van der Waals surface area contributed by atoms with E-state index in [-0.39, 0.29) is 11.3 Å². The zero-order valence-electron chi connectivity index (χ0n) is 8.14. The molecule has 2 aliphatic rings. The van der Waals surface area contributed by atoms with Crippen LogP contribution >= 0.6 is 11.8 Å². The fourth-order valence-corrected chi connectivity index (χ4v) is 2.84. The van der Waals surface area contributed by atoms with Gasteiger partial charge >= 0.3 is 0 Å². The summed E-state index contributed by atoms with van der Waals surface area (Å²) in [4.78, 5) is 11.6. The molecule has 74 valence electrons. The summed E-state index contributed by atoms with van der Waals surface area (Å²) in [6, 6.07) is 0. The van der Waals surface area contributed by atoms with Gasteiger partial charge in [0.05, 0.1) is 0 Å². The van der Waals surface area contributed by atoms with Crippen LogP contribution in [0.25, 0.3) is 0 Å². The lowest BCUT2D eigenvalue weighted by Gasteiger charge is -2.13. The molecule has 1 amide bonds. The minimum absolute atomic E-state index is 0.00324. The lowest BCUT2D eigenvalue weighted by atomic mass is 10.1. The van der Waals surface area contributed by atoms with Gasteiger partial charge in [-0.15, -0.1) is 0 Å². The Kier molecular flexibility index (Phi) is 2.54. The van der Waals surface area contributed by atoms with Gasteiger partial charge in [-0.2, -0.15) is 11.8 Å². The lowest BCUT2D eigenvalue weighted by Crippen LogP contribution is -2.34. The van der Waals surface area contributed by atoms with Crippen molar-refractivity contribution in [3.05, 3.63) is 0 Å². The molecule has 1 N–H and O–H groups in total. The Morgan fingerprint density at radius 3 is 2.92 bits per heavy atom. The molecule has 1 aliphatic carbocycles. The fourth-order valence-electron chi connectivity index (χ4n) is 1.64. The van der Waals surface area contributed by atoms with E-state index in [4.69, 9.17) is 0 Å². The summed E-state index contributed by atoms with van der Waals surface area (Å²) >= 11 is 2.00. The Labute approximate surface area is 83.8 Å². The molecule has 1 unspecified atom stereocenters. The number of thioether (sulfide) groups is 1. The maximum Gasteiger partial charge on any atom is 0.225 e. The van der Waals surface area contributed by atoms with Crippen molar-refractivity contribution in [2.45, 2.75) is 37.9 Å². The first kappa shape index (κ1) is 9.38. The van der Waals surface area contributed by atoms with Crippen molar-refractivity contribution < 1.29 is 4.79 Å². The van der Waals surface area contributed by atoms with E-state index in [0.29, 0.717) is 5.25 Å². The van der Waals surface area contributed by atoms with E-state index >= 15 is 0 Å². The number of nitrogens with one attached hydrogen (secondary N) is 1. The van der Waals surface area contributed by atoms with E-state index in [1.807, 2.05) is 11.8 Å². The molecule has 1 saturated heterocycles. The summed E-state index contributed by atoms with van der Waals surface area (Å²) < 4.78 is 0. The van der Waals surface area contributed by atoms with Gasteiger partial charge in [0.15, 0.2) is 0 Å². The average molecular weight is 199 g/mol. The van der Waals surface area contributed by atoms with E-state index in [1.54, 1.807) is 0 Å². The van der Waals surface area contributed by atoms with Crippen LogP contribution in [0.3, 0.4) is 0 Å². The zero-order valence-corrected chi connectivity index (χ0v) is 8.95. The Morgan fingerprint density at radius 2 is 2.38 bits per heavy atom. The summed E-state index contributed by atoms with van der Waals surface area (Å²) in [6.07, 6.45) is 4.76. The molecular weight excluding hydrogens is 182 g/mol. The molecule has 0 aromatic rings. The van der Waals surface area contributed by atoms with Gasteiger partial charge in [-0.25, -0.2) is 0 Å². The molecule has 1 atom stereocenters. The Morgan fingerprint density at radius 1 is 1.62 bits per heavy atom. The molecular formula is C10H17NOS. The molecule has 1 saturated carbocycles. The van der Waals surface area contributed by atoms with Gasteiger partial charge in [-0.3, -0.25) is 4.79 Å². The SMILES string of the molecule is CC1(C(=O)NCC2CCCS2)CC1. The van der Waals surface area contributed by atoms with Gasteiger partial charge in [0.1, 0.15) is 0 Å². The monoisotopic (exact) mass is 199 g/mol. The maximum atomic E-state index is 11.6. The van der Waals surface area contributed by atoms with Crippen LogP contribution in [0.4, 0.5) is 0 Å². The molecule has 1 aliphatic heterocycles. The number of hydrogen-bond donors (Lipinski definition) is 1. The van der Waals surface area contributed by atoms with Gasteiger partial charge in [-0.05, 0) is 31.4 Å². The predicted octanol–water partition coefficient (Wildman–Crippen LogP) is 1.80. The van der Waals surface area contributed by atoms with Crippen LogP contribution in [-0.4, -0.2) is 23.5 Å².